The molecule has 0 spiro atoms. The van der Waals surface area contributed by atoms with E-state index in [0.29, 0.717) is 17.0 Å². The maximum atomic E-state index is 12.2. The van der Waals surface area contributed by atoms with Gasteiger partial charge >= 0.3 is 0 Å². The second-order valence-corrected chi connectivity index (χ2v) is 6.61. The number of anilines is 2. The number of carbonyl (C=O) groups is 2. The van der Waals surface area contributed by atoms with Gasteiger partial charge < -0.3 is 20.5 Å². The molecule has 0 radical (unpaired) electrons. The number of carbonyl (C=O) groups excluding carboxylic acids is 2. The molecule has 0 aliphatic rings. The molecule has 3 N–H and O–H groups in total. The summed E-state index contributed by atoms with van der Waals surface area (Å²) in [6, 6.07) is 18.9. The molecule has 0 saturated carbocycles. The smallest absolute Gasteiger partial charge is 0.262 e. The first kappa shape index (κ1) is 19.9. The molecule has 0 aliphatic heterocycles. The number of phenolic OH excluding ortho intramolecular Hbond substituents is 1. The third-order valence-electron chi connectivity index (χ3n) is 4.32. The van der Waals surface area contributed by atoms with E-state index in [-0.39, 0.29) is 29.9 Å². The largest absolute Gasteiger partial charge is 0.506 e. The van der Waals surface area contributed by atoms with E-state index in [2.05, 4.69) is 10.6 Å². The minimum Gasteiger partial charge on any atom is -0.506 e. The highest BCUT2D eigenvalue weighted by Gasteiger charge is 2.11. The first-order valence-electron chi connectivity index (χ1n) is 9.12. The van der Waals surface area contributed by atoms with E-state index in [0.717, 1.165) is 11.1 Å². The Morgan fingerprint density at radius 1 is 0.897 bits per heavy atom. The van der Waals surface area contributed by atoms with Crippen LogP contribution in [0.4, 0.5) is 11.4 Å². The lowest BCUT2D eigenvalue weighted by molar-refractivity contribution is -0.118. The Labute approximate surface area is 169 Å². The molecule has 3 aromatic carbocycles. The molecule has 6 nitrogen and oxygen atoms in total. The summed E-state index contributed by atoms with van der Waals surface area (Å²) in [5.41, 5.74) is 3.04. The van der Waals surface area contributed by atoms with E-state index in [4.69, 9.17) is 4.74 Å². The number of amides is 2. The van der Waals surface area contributed by atoms with Gasteiger partial charge in [-0.2, -0.15) is 0 Å². The van der Waals surface area contributed by atoms with Crippen LogP contribution in [0.5, 0.6) is 11.5 Å². The van der Waals surface area contributed by atoms with Gasteiger partial charge in [-0.25, -0.2) is 0 Å². The number of hydrogen-bond acceptors (Lipinski definition) is 4. The van der Waals surface area contributed by atoms with Crippen molar-refractivity contribution in [2.24, 2.45) is 0 Å². The molecule has 0 heterocycles. The standard InChI is InChI=1S/C23H22N2O4/c1-15-7-6-8-16(2)22(15)29-14-21(27)24-18-11-12-19(20(26)13-18)25-23(28)17-9-4-3-5-10-17/h3-13,26H,14H2,1-2H3,(H,24,27)(H,25,28). The van der Waals surface area contributed by atoms with Crippen LogP contribution in [0.2, 0.25) is 0 Å². The molecule has 0 aromatic heterocycles. The number of nitrogens with one attached hydrogen (secondary N) is 2. The average molecular weight is 390 g/mol. The Bertz CT molecular complexity index is 1010. The molecule has 3 rings (SSSR count). The summed E-state index contributed by atoms with van der Waals surface area (Å²) in [5.74, 6) is -0.153. The zero-order valence-electron chi connectivity index (χ0n) is 16.2. The van der Waals surface area contributed by atoms with Crippen molar-refractivity contribution in [1.82, 2.24) is 0 Å². The summed E-state index contributed by atoms with van der Waals surface area (Å²) in [5, 5.41) is 15.5. The maximum absolute atomic E-state index is 12.2. The molecule has 0 saturated heterocycles. The van der Waals surface area contributed by atoms with Gasteiger partial charge in [0.25, 0.3) is 11.8 Å². The summed E-state index contributed by atoms with van der Waals surface area (Å²) in [6.45, 7) is 3.68. The normalized spacial score (nSPS) is 10.3. The predicted octanol–water partition coefficient (Wildman–Crippen LogP) is 4.28. The van der Waals surface area contributed by atoms with Crippen molar-refractivity contribution in [1.29, 1.82) is 0 Å². The molecule has 2 amide bonds. The molecular weight excluding hydrogens is 368 g/mol. The number of para-hydroxylation sites is 1. The number of aryl methyl sites for hydroxylation is 2. The highest BCUT2D eigenvalue weighted by molar-refractivity contribution is 6.05. The minimum atomic E-state index is -0.354. The molecule has 6 heteroatoms. The predicted molar refractivity (Wildman–Crippen MR) is 113 cm³/mol. The van der Waals surface area contributed by atoms with E-state index >= 15 is 0 Å². The highest BCUT2D eigenvalue weighted by atomic mass is 16.5. The molecule has 0 atom stereocenters. The second-order valence-electron chi connectivity index (χ2n) is 6.61. The SMILES string of the molecule is Cc1cccc(C)c1OCC(=O)Nc1ccc(NC(=O)c2ccccc2)c(O)c1. The van der Waals surface area contributed by atoms with Crippen LogP contribution in [-0.4, -0.2) is 23.5 Å². The van der Waals surface area contributed by atoms with Crippen molar-refractivity contribution in [3.63, 3.8) is 0 Å². The number of phenols is 1. The zero-order valence-corrected chi connectivity index (χ0v) is 16.2. The Morgan fingerprint density at radius 2 is 1.59 bits per heavy atom. The first-order valence-corrected chi connectivity index (χ1v) is 9.12. The number of ether oxygens (including phenoxy) is 1. The fourth-order valence-electron chi connectivity index (χ4n) is 2.86. The van der Waals surface area contributed by atoms with Gasteiger partial charge in [-0.3, -0.25) is 9.59 Å². The van der Waals surface area contributed by atoms with Crippen LogP contribution in [0.3, 0.4) is 0 Å². The van der Waals surface area contributed by atoms with Crippen molar-refractivity contribution in [2.45, 2.75) is 13.8 Å². The van der Waals surface area contributed by atoms with E-state index < -0.39 is 0 Å². The van der Waals surface area contributed by atoms with Crippen molar-refractivity contribution < 1.29 is 19.4 Å². The van der Waals surface area contributed by atoms with Gasteiger partial charge in [0, 0.05) is 17.3 Å². The number of benzene rings is 3. The van der Waals surface area contributed by atoms with Crippen LogP contribution in [0.15, 0.2) is 66.7 Å². The van der Waals surface area contributed by atoms with Crippen molar-refractivity contribution >= 4 is 23.2 Å². The monoisotopic (exact) mass is 390 g/mol. The number of hydrogen-bond donors (Lipinski definition) is 3. The minimum absolute atomic E-state index is 0.150. The average Bonchev–Trinajstić information content (AvgIpc) is 2.70. The molecule has 3 aromatic rings. The fraction of sp³-hybridized carbons (Fsp3) is 0.130. The molecule has 0 unspecified atom stereocenters. The van der Waals surface area contributed by atoms with Gasteiger partial charge in [-0.1, -0.05) is 36.4 Å². The van der Waals surface area contributed by atoms with Gasteiger partial charge in [0.1, 0.15) is 11.5 Å². The second kappa shape index (κ2) is 8.93. The lowest BCUT2D eigenvalue weighted by Crippen LogP contribution is -2.20. The van der Waals surface area contributed by atoms with Crippen LogP contribution in [0, 0.1) is 13.8 Å². The molecular formula is C23H22N2O4. The summed E-state index contributed by atoms with van der Waals surface area (Å²) in [6.07, 6.45) is 0. The fourth-order valence-corrected chi connectivity index (χ4v) is 2.86. The summed E-state index contributed by atoms with van der Waals surface area (Å²) in [4.78, 5) is 24.4. The van der Waals surface area contributed by atoms with Crippen LogP contribution in [-0.2, 0) is 4.79 Å². The van der Waals surface area contributed by atoms with Crippen molar-refractivity contribution in [2.75, 3.05) is 17.2 Å². The van der Waals surface area contributed by atoms with Gasteiger partial charge in [0.2, 0.25) is 0 Å². The highest BCUT2D eigenvalue weighted by Crippen LogP contribution is 2.27. The summed E-state index contributed by atoms with van der Waals surface area (Å²) in [7, 11) is 0. The van der Waals surface area contributed by atoms with Crippen LogP contribution >= 0.6 is 0 Å². The number of rotatable bonds is 6. The van der Waals surface area contributed by atoms with Gasteiger partial charge in [0.15, 0.2) is 6.61 Å². The summed E-state index contributed by atoms with van der Waals surface area (Å²) >= 11 is 0. The van der Waals surface area contributed by atoms with E-state index in [1.807, 2.05) is 38.1 Å². The van der Waals surface area contributed by atoms with E-state index in [1.165, 1.54) is 12.1 Å². The third-order valence-corrected chi connectivity index (χ3v) is 4.32. The molecule has 0 bridgehead atoms. The quantitative estimate of drug-likeness (QED) is 0.548. The van der Waals surface area contributed by atoms with Crippen molar-refractivity contribution in [3.05, 3.63) is 83.4 Å². The van der Waals surface area contributed by atoms with E-state index in [1.54, 1.807) is 30.3 Å². The Balaban J connectivity index is 1.60. The Hall–Kier alpha value is -3.80. The first-order chi connectivity index (χ1) is 13.9. The summed E-state index contributed by atoms with van der Waals surface area (Å²) < 4.78 is 5.63. The van der Waals surface area contributed by atoms with Crippen LogP contribution in [0.25, 0.3) is 0 Å². The topological polar surface area (TPSA) is 87.7 Å². The van der Waals surface area contributed by atoms with Crippen LogP contribution < -0.4 is 15.4 Å². The lowest BCUT2D eigenvalue weighted by Gasteiger charge is -2.13. The van der Waals surface area contributed by atoms with Gasteiger partial charge in [0.05, 0.1) is 5.69 Å². The number of aromatic hydroxyl groups is 1. The molecule has 29 heavy (non-hydrogen) atoms. The molecule has 148 valence electrons. The van der Waals surface area contributed by atoms with Gasteiger partial charge in [-0.05, 0) is 49.2 Å². The van der Waals surface area contributed by atoms with Crippen molar-refractivity contribution in [3.8, 4) is 11.5 Å². The zero-order chi connectivity index (χ0) is 20.8. The Morgan fingerprint density at radius 3 is 2.24 bits per heavy atom. The van der Waals surface area contributed by atoms with Crippen LogP contribution in [0.1, 0.15) is 21.5 Å². The molecule has 0 aliphatic carbocycles. The molecule has 0 fully saturated rings. The maximum Gasteiger partial charge on any atom is 0.262 e. The lowest BCUT2D eigenvalue weighted by atomic mass is 10.1. The van der Waals surface area contributed by atoms with E-state index in [9.17, 15) is 14.7 Å². The van der Waals surface area contributed by atoms with Gasteiger partial charge in [-0.15, -0.1) is 0 Å². The Kier molecular flexibility index (Phi) is 6.14. The third kappa shape index (κ3) is 5.13.